The maximum atomic E-state index is 13.0. The molecule has 0 fully saturated rings. The zero-order valence-electron chi connectivity index (χ0n) is 21.4. The third-order valence-corrected chi connectivity index (χ3v) is 6.40. The number of primary amides is 1. The van der Waals surface area contributed by atoms with Crippen molar-refractivity contribution in [1.82, 2.24) is 9.88 Å². The van der Waals surface area contributed by atoms with E-state index in [2.05, 4.69) is 5.32 Å². The van der Waals surface area contributed by atoms with Crippen molar-refractivity contribution in [3.8, 4) is 5.75 Å². The van der Waals surface area contributed by atoms with Gasteiger partial charge in [-0.25, -0.2) is 4.79 Å². The van der Waals surface area contributed by atoms with E-state index in [0.717, 1.165) is 11.1 Å². The van der Waals surface area contributed by atoms with E-state index in [1.807, 2.05) is 54.0 Å². The largest absolute Gasteiger partial charge is 0.483 e. The molecular weight excluding hydrogens is 498 g/mol. The molecule has 4 N–H and O–H groups in total. The summed E-state index contributed by atoms with van der Waals surface area (Å²) in [5.41, 5.74) is 8.56. The van der Waals surface area contributed by atoms with Crippen LogP contribution in [0.2, 0.25) is 0 Å². The van der Waals surface area contributed by atoms with E-state index in [0.29, 0.717) is 29.6 Å². The van der Waals surface area contributed by atoms with Crippen molar-refractivity contribution >= 4 is 34.5 Å². The molecule has 2 amide bonds. The number of benzene rings is 3. The highest BCUT2D eigenvalue weighted by atomic mass is 16.5. The topological polar surface area (TPSA) is 141 Å². The van der Waals surface area contributed by atoms with Gasteiger partial charge in [-0.3, -0.25) is 14.4 Å². The number of Topliss-reactive ketones (excluding diaryl/α,β-unsaturated/α-hetero) is 1. The molecule has 0 aliphatic heterocycles. The first-order valence-electron chi connectivity index (χ1n) is 12.5. The molecule has 1 atom stereocenters. The molecule has 1 aromatic heterocycles. The molecule has 0 saturated heterocycles. The van der Waals surface area contributed by atoms with Crippen LogP contribution >= 0.6 is 0 Å². The summed E-state index contributed by atoms with van der Waals surface area (Å²) in [5, 5.41) is 12.5. The number of fused-ring (bicyclic) bond motifs is 1. The van der Waals surface area contributed by atoms with Crippen LogP contribution in [0.5, 0.6) is 5.75 Å². The Morgan fingerprint density at radius 3 is 2.15 bits per heavy atom. The molecule has 1 heterocycles. The molecule has 0 saturated carbocycles. The van der Waals surface area contributed by atoms with Gasteiger partial charge in [-0.05, 0) is 29.7 Å². The monoisotopic (exact) mass is 527 g/mol. The van der Waals surface area contributed by atoms with E-state index in [1.54, 1.807) is 36.4 Å². The molecule has 0 bridgehead atoms. The maximum Gasteiger partial charge on any atom is 0.326 e. The molecule has 9 nitrogen and oxygen atoms in total. The normalized spacial score (nSPS) is 11.6. The van der Waals surface area contributed by atoms with Crippen molar-refractivity contribution in [1.29, 1.82) is 0 Å². The van der Waals surface area contributed by atoms with Gasteiger partial charge in [-0.1, -0.05) is 73.7 Å². The van der Waals surface area contributed by atoms with E-state index in [1.165, 1.54) is 0 Å². The van der Waals surface area contributed by atoms with E-state index in [-0.39, 0.29) is 17.7 Å². The minimum Gasteiger partial charge on any atom is -0.483 e. The molecule has 0 aliphatic carbocycles. The molecular formula is C30H29N3O6. The second-order valence-electron chi connectivity index (χ2n) is 9.03. The number of ether oxygens (including phenoxy) is 1. The van der Waals surface area contributed by atoms with Gasteiger partial charge in [0.05, 0.1) is 16.5 Å². The summed E-state index contributed by atoms with van der Waals surface area (Å²) < 4.78 is 7.76. The van der Waals surface area contributed by atoms with Crippen LogP contribution in [0.1, 0.15) is 34.1 Å². The fourth-order valence-corrected chi connectivity index (χ4v) is 4.65. The number of rotatable bonds is 12. The first-order valence-corrected chi connectivity index (χ1v) is 12.5. The van der Waals surface area contributed by atoms with Crippen LogP contribution in [0, 0.1) is 0 Å². The number of nitrogens with one attached hydrogen (secondary N) is 1. The quantitative estimate of drug-likeness (QED) is 0.191. The van der Waals surface area contributed by atoms with E-state index >= 15 is 0 Å². The van der Waals surface area contributed by atoms with Gasteiger partial charge in [0.2, 0.25) is 0 Å². The third kappa shape index (κ3) is 6.15. The molecule has 0 unspecified atom stereocenters. The standard InChI is InChI=1S/C30H29N3O6/c1-2-22-27(28(35)29(31)36)26-23(33(22)17-20-12-7-4-8-13-20)14-9-15-24(26)39-18-25(34)32-21(30(37)38)16-19-10-5-3-6-11-19/h3-15,21H,2,16-18H2,1H3,(H2,31,36)(H,32,34)(H,37,38)/t21-/m0/s1. The highest BCUT2D eigenvalue weighted by Crippen LogP contribution is 2.35. The highest BCUT2D eigenvalue weighted by molar-refractivity contribution is 6.45. The van der Waals surface area contributed by atoms with E-state index < -0.39 is 36.2 Å². The lowest BCUT2D eigenvalue weighted by molar-refractivity contribution is -0.142. The van der Waals surface area contributed by atoms with E-state index in [9.17, 15) is 24.3 Å². The molecule has 3 aromatic carbocycles. The van der Waals surface area contributed by atoms with Gasteiger partial charge in [-0.2, -0.15) is 0 Å². The van der Waals surface area contributed by atoms with Gasteiger partial charge >= 0.3 is 5.97 Å². The number of carboxylic acid groups (broad SMARTS) is 1. The van der Waals surface area contributed by atoms with Gasteiger partial charge in [-0.15, -0.1) is 0 Å². The van der Waals surface area contributed by atoms with Crippen LogP contribution in [0.15, 0.2) is 78.9 Å². The van der Waals surface area contributed by atoms with Gasteiger partial charge in [0, 0.05) is 18.7 Å². The summed E-state index contributed by atoms with van der Waals surface area (Å²) in [6.07, 6.45) is 0.548. The van der Waals surface area contributed by atoms with Crippen molar-refractivity contribution in [2.45, 2.75) is 32.4 Å². The Labute approximate surface area is 225 Å². The number of hydrogen-bond acceptors (Lipinski definition) is 5. The van der Waals surface area contributed by atoms with Crippen molar-refractivity contribution in [2.75, 3.05) is 6.61 Å². The second-order valence-corrected chi connectivity index (χ2v) is 9.03. The average molecular weight is 528 g/mol. The number of nitrogens with two attached hydrogens (primary N) is 1. The van der Waals surface area contributed by atoms with Crippen LogP contribution in [0.3, 0.4) is 0 Å². The van der Waals surface area contributed by atoms with Crippen molar-refractivity contribution < 1.29 is 29.0 Å². The molecule has 39 heavy (non-hydrogen) atoms. The number of aromatic nitrogens is 1. The fraction of sp³-hybridized carbons (Fsp3) is 0.200. The van der Waals surface area contributed by atoms with Gasteiger partial charge in [0.25, 0.3) is 17.6 Å². The third-order valence-electron chi connectivity index (χ3n) is 6.40. The van der Waals surface area contributed by atoms with Crippen LogP contribution in [-0.2, 0) is 33.8 Å². The summed E-state index contributed by atoms with van der Waals surface area (Å²) >= 11 is 0. The lowest BCUT2D eigenvalue weighted by Gasteiger charge is -2.15. The smallest absolute Gasteiger partial charge is 0.326 e. The zero-order valence-corrected chi connectivity index (χ0v) is 21.4. The van der Waals surface area contributed by atoms with Crippen LogP contribution in [0.25, 0.3) is 10.9 Å². The first kappa shape index (κ1) is 27.1. The lowest BCUT2D eigenvalue weighted by Crippen LogP contribution is -2.44. The van der Waals surface area contributed by atoms with Gasteiger partial charge in [0.1, 0.15) is 11.8 Å². The summed E-state index contributed by atoms with van der Waals surface area (Å²) in [4.78, 5) is 49.5. The summed E-state index contributed by atoms with van der Waals surface area (Å²) in [6, 6.07) is 22.6. The zero-order chi connectivity index (χ0) is 27.9. The van der Waals surface area contributed by atoms with Crippen molar-refractivity contribution in [3.63, 3.8) is 0 Å². The minimum absolute atomic E-state index is 0.108. The van der Waals surface area contributed by atoms with Crippen LogP contribution in [0.4, 0.5) is 0 Å². The lowest BCUT2D eigenvalue weighted by atomic mass is 10.0. The van der Waals surface area contributed by atoms with Gasteiger partial charge in [0.15, 0.2) is 6.61 Å². The molecule has 0 spiro atoms. The molecule has 4 aromatic rings. The number of carbonyl (C=O) groups excluding carboxylic acids is 3. The Balaban J connectivity index is 1.65. The predicted molar refractivity (Wildman–Crippen MR) is 146 cm³/mol. The first-order chi connectivity index (χ1) is 18.8. The number of aliphatic carboxylic acids is 1. The highest BCUT2D eigenvalue weighted by Gasteiger charge is 2.28. The predicted octanol–water partition coefficient (Wildman–Crippen LogP) is 3.11. The number of amides is 2. The Morgan fingerprint density at radius 2 is 1.56 bits per heavy atom. The number of nitrogens with zero attached hydrogens (tertiary/aromatic N) is 1. The number of hydrogen-bond donors (Lipinski definition) is 3. The molecule has 0 aliphatic rings. The number of carboxylic acids is 1. The average Bonchev–Trinajstić information content (AvgIpc) is 3.25. The molecule has 0 radical (unpaired) electrons. The summed E-state index contributed by atoms with van der Waals surface area (Å²) in [6.45, 7) is 1.82. The molecule has 200 valence electrons. The SMILES string of the molecule is CCc1c(C(=O)C(N)=O)c2c(OCC(=O)N[C@@H](Cc3ccccc3)C(=O)O)cccc2n1Cc1ccccc1. The Hall–Kier alpha value is -4.92. The fourth-order valence-electron chi connectivity index (χ4n) is 4.65. The Bertz CT molecular complexity index is 1510. The Morgan fingerprint density at radius 1 is 0.923 bits per heavy atom. The Kier molecular flexibility index (Phi) is 8.40. The number of carbonyl (C=O) groups is 4. The van der Waals surface area contributed by atoms with Gasteiger partial charge < -0.3 is 25.5 Å². The minimum atomic E-state index is -1.17. The summed E-state index contributed by atoms with van der Waals surface area (Å²) in [7, 11) is 0. The van der Waals surface area contributed by atoms with Crippen molar-refractivity contribution in [3.05, 3.63) is 101 Å². The molecule has 9 heteroatoms. The van der Waals surface area contributed by atoms with Crippen molar-refractivity contribution in [2.24, 2.45) is 5.73 Å². The van der Waals surface area contributed by atoms with Crippen LogP contribution in [-0.4, -0.2) is 45.9 Å². The second kappa shape index (κ2) is 12.1. The summed E-state index contributed by atoms with van der Waals surface area (Å²) in [5.74, 6) is -3.55. The molecule has 4 rings (SSSR count). The van der Waals surface area contributed by atoms with E-state index in [4.69, 9.17) is 10.5 Å². The maximum absolute atomic E-state index is 13.0. The van der Waals surface area contributed by atoms with Crippen LogP contribution < -0.4 is 15.8 Å². The number of ketones is 1.